The van der Waals surface area contributed by atoms with Crippen molar-refractivity contribution in [3.8, 4) is 5.75 Å². The lowest BCUT2D eigenvalue weighted by molar-refractivity contribution is -0.144. The van der Waals surface area contributed by atoms with E-state index in [-0.39, 0.29) is 23.8 Å². The fraction of sp³-hybridized carbons (Fsp3) is 0.667. The van der Waals surface area contributed by atoms with Crippen molar-refractivity contribution < 1.29 is 19.1 Å². The quantitative estimate of drug-likeness (QED) is 0.546. The summed E-state index contributed by atoms with van der Waals surface area (Å²) < 4.78 is 5.15. The number of piperazine rings is 1. The van der Waals surface area contributed by atoms with E-state index in [0.29, 0.717) is 43.4 Å². The molecule has 0 aromatic heterocycles. The van der Waals surface area contributed by atoms with Crippen molar-refractivity contribution in [2.45, 2.75) is 77.8 Å². The highest BCUT2D eigenvalue weighted by Gasteiger charge is 2.35. The second-order valence-corrected chi connectivity index (χ2v) is 10.1. The minimum atomic E-state index is -0.630. The van der Waals surface area contributed by atoms with Crippen LogP contribution in [0.5, 0.6) is 5.75 Å². The number of ether oxygens (including phenoxy) is 1. The molecule has 35 heavy (non-hydrogen) atoms. The highest BCUT2D eigenvalue weighted by Crippen LogP contribution is 2.29. The van der Waals surface area contributed by atoms with Crippen molar-refractivity contribution in [1.82, 2.24) is 15.1 Å². The maximum absolute atomic E-state index is 13.5. The monoisotopic (exact) mass is 486 g/mol. The molecular weight excluding hydrogens is 444 g/mol. The Balaban J connectivity index is 1.54. The van der Waals surface area contributed by atoms with Crippen molar-refractivity contribution in [3.63, 3.8) is 0 Å². The third kappa shape index (κ3) is 7.36. The predicted octanol–water partition coefficient (Wildman–Crippen LogP) is 4.26. The summed E-state index contributed by atoms with van der Waals surface area (Å²) in [6, 6.07) is 5.96. The number of carbonyl (C=O) groups excluding carboxylic acids is 3. The molecule has 3 rings (SSSR count). The highest BCUT2D eigenvalue weighted by molar-refractivity contribution is 5.94. The number of hydrogen-bond donors (Lipinski definition) is 2. The molecule has 1 saturated heterocycles. The van der Waals surface area contributed by atoms with Crippen LogP contribution < -0.4 is 15.4 Å². The van der Waals surface area contributed by atoms with Gasteiger partial charge in [-0.1, -0.05) is 46.0 Å². The molecule has 1 aromatic carbocycles. The Morgan fingerprint density at radius 1 is 1.11 bits per heavy atom. The van der Waals surface area contributed by atoms with Crippen LogP contribution in [-0.2, 0) is 9.59 Å². The van der Waals surface area contributed by atoms with Gasteiger partial charge in [0.25, 0.3) is 0 Å². The summed E-state index contributed by atoms with van der Waals surface area (Å²) in [5.41, 5.74) is 0.622. The first kappa shape index (κ1) is 26.8. The van der Waals surface area contributed by atoms with Crippen LogP contribution in [0.1, 0.15) is 65.7 Å². The zero-order valence-corrected chi connectivity index (χ0v) is 21.7. The maximum Gasteiger partial charge on any atom is 0.319 e. The van der Waals surface area contributed by atoms with Crippen LogP contribution in [0.25, 0.3) is 0 Å². The Morgan fingerprint density at radius 2 is 1.80 bits per heavy atom. The Labute approximate surface area is 209 Å². The SMILES string of the molecule is CC[C@H](C)[C@H](NC(=O)Nc1ccc(OC)cc1)C(=O)N1CCN(C(=O)CCC2CCCC2)[C@@H](C)C1. The number of anilines is 1. The first-order valence-corrected chi connectivity index (χ1v) is 13.1. The fourth-order valence-electron chi connectivity index (χ4n) is 5.16. The number of benzene rings is 1. The summed E-state index contributed by atoms with van der Waals surface area (Å²) >= 11 is 0. The molecule has 0 unspecified atom stereocenters. The topological polar surface area (TPSA) is 91.0 Å². The Kier molecular flexibility index (Phi) is 9.81. The summed E-state index contributed by atoms with van der Waals surface area (Å²) in [4.78, 5) is 42.7. The van der Waals surface area contributed by atoms with Crippen LogP contribution in [0.2, 0.25) is 0 Å². The third-order valence-electron chi connectivity index (χ3n) is 7.61. The summed E-state index contributed by atoms with van der Waals surface area (Å²) in [5.74, 6) is 1.49. The van der Waals surface area contributed by atoms with E-state index in [0.717, 1.165) is 12.8 Å². The number of nitrogens with zero attached hydrogens (tertiary/aromatic N) is 2. The lowest BCUT2D eigenvalue weighted by Gasteiger charge is -2.41. The second-order valence-electron chi connectivity index (χ2n) is 10.1. The van der Waals surface area contributed by atoms with Gasteiger partial charge in [0.1, 0.15) is 11.8 Å². The third-order valence-corrected chi connectivity index (χ3v) is 7.61. The minimum Gasteiger partial charge on any atom is -0.497 e. The molecular formula is C27H42N4O4. The smallest absolute Gasteiger partial charge is 0.319 e. The van der Waals surface area contributed by atoms with Gasteiger partial charge in [-0.05, 0) is 49.4 Å². The van der Waals surface area contributed by atoms with Crippen molar-refractivity contribution in [2.75, 3.05) is 32.1 Å². The van der Waals surface area contributed by atoms with Gasteiger partial charge < -0.3 is 25.2 Å². The molecule has 2 aliphatic rings. The minimum absolute atomic E-state index is 0.0227. The number of carbonyl (C=O) groups is 3. The molecule has 4 amide bonds. The molecule has 0 spiro atoms. The molecule has 1 aliphatic carbocycles. The molecule has 1 saturated carbocycles. The first-order valence-electron chi connectivity index (χ1n) is 13.1. The van der Waals surface area contributed by atoms with Crippen LogP contribution in [0.3, 0.4) is 0 Å². The zero-order valence-electron chi connectivity index (χ0n) is 21.7. The lowest BCUT2D eigenvalue weighted by atomic mass is 9.97. The number of nitrogens with one attached hydrogen (secondary N) is 2. The van der Waals surface area contributed by atoms with Gasteiger partial charge in [0, 0.05) is 37.8 Å². The Morgan fingerprint density at radius 3 is 2.40 bits per heavy atom. The summed E-state index contributed by atoms with van der Waals surface area (Å²) in [6.07, 6.45) is 7.43. The lowest BCUT2D eigenvalue weighted by Crippen LogP contribution is -2.60. The molecule has 8 nitrogen and oxygen atoms in total. The number of urea groups is 1. The van der Waals surface area contributed by atoms with Gasteiger partial charge in [0.05, 0.1) is 7.11 Å². The standard InChI is InChI=1S/C27H42N4O4/c1-5-19(2)25(29-27(34)28-22-11-13-23(35-4)14-12-22)26(33)30-16-17-31(20(3)18-30)24(32)15-10-21-8-6-7-9-21/h11-14,19-21,25H,5-10,15-18H2,1-4H3,(H2,28,29,34)/t19-,20-,25-/m0/s1. The molecule has 8 heteroatoms. The fourth-order valence-corrected chi connectivity index (χ4v) is 5.16. The number of amides is 4. The molecule has 1 aliphatic heterocycles. The van der Waals surface area contributed by atoms with Crippen LogP contribution in [-0.4, -0.2) is 66.5 Å². The van der Waals surface area contributed by atoms with Gasteiger partial charge in [-0.25, -0.2) is 4.79 Å². The van der Waals surface area contributed by atoms with Gasteiger partial charge in [-0.3, -0.25) is 9.59 Å². The average molecular weight is 487 g/mol. The largest absolute Gasteiger partial charge is 0.497 e. The molecule has 0 bridgehead atoms. The van der Waals surface area contributed by atoms with Crippen molar-refractivity contribution in [1.29, 1.82) is 0 Å². The molecule has 0 radical (unpaired) electrons. The molecule has 194 valence electrons. The number of methoxy groups -OCH3 is 1. The van der Waals surface area contributed by atoms with E-state index in [2.05, 4.69) is 10.6 Å². The Hall–Kier alpha value is -2.77. The van der Waals surface area contributed by atoms with Crippen LogP contribution in [0, 0.1) is 11.8 Å². The van der Waals surface area contributed by atoms with E-state index in [1.165, 1.54) is 25.7 Å². The van der Waals surface area contributed by atoms with E-state index in [1.807, 2.05) is 25.7 Å². The predicted molar refractivity (Wildman–Crippen MR) is 137 cm³/mol. The molecule has 2 fully saturated rings. The first-order chi connectivity index (χ1) is 16.8. The van der Waals surface area contributed by atoms with E-state index < -0.39 is 12.1 Å². The van der Waals surface area contributed by atoms with E-state index >= 15 is 0 Å². The maximum atomic E-state index is 13.5. The number of rotatable bonds is 9. The Bertz CT molecular complexity index is 853. The van der Waals surface area contributed by atoms with Crippen LogP contribution in [0.15, 0.2) is 24.3 Å². The summed E-state index contributed by atoms with van der Waals surface area (Å²) in [7, 11) is 1.59. The van der Waals surface area contributed by atoms with Gasteiger partial charge in [-0.2, -0.15) is 0 Å². The average Bonchev–Trinajstić information content (AvgIpc) is 3.39. The molecule has 2 N–H and O–H groups in total. The van der Waals surface area contributed by atoms with Gasteiger partial charge in [-0.15, -0.1) is 0 Å². The molecule has 3 atom stereocenters. The van der Waals surface area contributed by atoms with Crippen LogP contribution >= 0.6 is 0 Å². The highest BCUT2D eigenvalue weighted by atomic mass is 16.5. The van der Waals surface area contributed by atoms with E-state index in [9.17, 15) is 14.4 Å². The molecule has 1 aromatic rings. The zero-order chi connectivity index (χ0) is 25.4. The number of hydrogen-bond acceptors (Lipinski definition) is 4. The summed E-state index contributed by atoms with van der Waals surface area (Å²) in [5, 5.41) is 5.69. The molecule has 1 heterocycles. The van der Waals surface area contributed by atoms with E-state index in [4.69, 9.17) is 4.74 Å². The van der Waals surface area contributed by atoms with Crippen molar-refractivity contribution in [3.05, 3.63) is 24.3 Å². The van der Waals surface area contributed by atoms with Gasteiger partial charge in [0.2, 0.25) is 11.8 Å². The van der Waals surface area contributed by atoms with Gasteiger partial charge >= 0.3 is 6.03 Å². The van der Waals surface area contributed by atoms with Crippen molar-refractivity contribution in [2.24, 2.45) is 11.8 Å². The second kappa shape index (κ2) is 12.8. The summed E-state index contributed by atoms with van der Waals surface area (Å²) in [6.45, 7) is 7.52. The van der Waals surface area contributed by atoms with Crippen LogP contribution in [0.4, 0.5) is 10.5 Å². The normalized spacial score (nSPS) is 20.3. The van der Waals surface area contributed by atoms with E-state index in [1.54, 1.807) is 36.3 Å². The van der Waals surface area contributed by atoms with Gasteiger partial charge in [0.15, 0.2) is 0 Å². The van der Waals surface area contributed by atoms with Crippen molar-refractivity contribution >= 4 is 23.5 Å².